The number of carbonyl (C=O) groups is 1. The first kappa shape index (κ1) is 55.5. The largest absolute Gasteiger partial charge is 1.00 e. The number of nitrogens with zero attached hydrogens (tertiary/aromatic N) is 1. The maximum atomic E-state index is 12.0. The van der Waals surface area contributed by atoms with Gasteiger partial charge in [0, 0.05) is 6.04 Å². The van der Waals surface area contributed by atoms with Crippen LogP contribution in [-0.2, 0) is 4.79 Å². The smallest absolute Gasteiger partial charge is 0.548 e. The summed E-state index contributed by atoms with van der Waals surface area (Å²) < 4.78 is 0. The van der Waals surface area contributed by atoms with Crippen LogP contribution in [0.3, 0.4) is 0 Å². The molecule has 1 unspecified atom stereocenters. The van der Waals surface area contributed by atoms with Crippen molar-refractivity contribution < 1.29 is 39.5 Å². The first-order valence-corrected chi connectivity index (χ1v) is 24.6. The normalized spacial score (nSPS) is 12.1. The van der Waals surface area contributed by atoms with E-state index in [2.05, 4.69) is 25.7 Å². The fourth-order valence-corrected chi connectivity index (χ4v) is 8.29. The van der Waals surface area contributed by atoms with E-state index in [-0.39, 0.29) is 29.6 Å². The Morgan fingerprint density at radius 3 is 0.698 bits per heavy atom. The van der Waals surface area contributed by atoms with Crippen LogP contribution < -0.4 is 34.7 Å². The Labute approximate surface area is 357 Å². The van der Waals surface area contributed by atoms with Crippen molar-refractivity contribution in [2.75, 3.05) is 13.1 Å². The first-order chi connectivity index (χ1) is 25.7. The van der Waals surface area contributed by atoms with Gasteiger partial charge in [0.2, 0.25) is 0 Å². The SMILES string of the molecule is CCCCCCCCCCCCCCCCCCCCCCN(CCCCCCCCCCCCCCCCCCCCCC)C(CCC)C(=O)[O-].[Na+]. The van der Waals surface area contributed by atoms with Crippen LogP contribution >= 0.6 is 0 Å². The standard InChI is InChI=1S/C49H99NO2.Na/c1-4-7-9-11-13-15-17-19-21-23-25-27-29-31-33-35-37-39-41-43-46-50(48(45-6-3)49(51)52)47-44-42-40-38-36-34-32-30-28-26-24-22-20-18-16-14-12-10-8-5-2;/h48H,4-47H2,1-3H3,(H,51,52);/q;+1/p-1. The van der Waals surface area contributed by atoms with E-state index in [1.54, 1.807) is 0 Å². The van der Waals surface area contributed by atoms with Gasteiger partial charge >= 0.3 is 29.6 Å². The number of rotatable bonds is 46. The molecule has 0 rings (SSSR count). The minimum Gasteiger partial charge on any atom is -0.548 e. The van der Waals surface area contributed by atoms with Crippen molar-refractivity contribution >= 4 is 5.97 Å². The Kier molecular flexibility index (Phi) is 50.9. The van der Waals surface area contributed by atoms with E-state index in [1.165, 1.54) is 244 Å². The van der Waals surface area contributed by atoms with Crippen LogP contribution in [0.1, 0.15) is 290 Å². The summed E-state index contributed by atoms with van der Waals surface area (Å²) in [5, 5.41) is 12.0. The van der Waals surface area contributed by atoms with Crippen molar-refractivity contribution in [3.05, 3.63) is 0 Å². The third-order valence-corrected chi connectivity index (χ3v) is 11.9. The molecule has 0 bridgehead atoms. The van der Waals surface area contributed by atoms with Crippen molar-refractivity contribution in [1.82, 2.24) is 4.90 Å². The van der Waals surface area contributed by atoms with Crippen LogP contribution in [0.5, 0.6) is 0 Å². The van der Waals surface area contributed by atoms with E-state index in [9.17, 15) is 9.90 Å². The predicted octanol–water partition coefficient (Wildman–Crippen LogP) is 12.9. The Morgan fingerprint density at radius 1 is 0.340 bits per heavy atom. The number of unbranched alkanes of at least 4 members (excludes halogenated alkanes) is 38. The maximum absolute atomic E-state index is 12.0. The molecular weight excluding hydrogens is 658 g/mol. The van der Waals surface area contributed by atoms with Crippen molar-refractivity contribution in [3.63, 3.8) is 0 Å². The topological polar surface area (TPSA) is 43.4 Å². The molecule has 0 saturated heterocycles. The van der Waals surface area contributed by atoms with E-state index in [0.29, 0.717) is 0 Å². The number of carboxylic acid groups (broad SMARTS) is 1. The number of hydrogen-bond donors (Lipinski definition) is 0. The molecule has 0 amide bonds. The molecule has 0 heterocycles. The van der Waals surface area contributed by atoms with Crippen molar-refractivity contribution in [3.8, 4) is 0 Å². The molecule has 0 aliphatic rings. The minimum absolute atomic E-state index is 0. The molecule has 0 radical (unpaired) electrons. The fraction of sp³-hybridized carbons (Fsp3) is 0.980. The zero-order valence-corrected chi connectivity index (χ0v) is 39.5. The van der Waals surface area contributed by atoms with Crippen molar-refractivity contribution in [2.24, 2.45) is 0 Å². The first-order valence-electron chi connectivity index (χ1n) is 24.6. The average Bonchev–Trinajstić information content (AvgIpc) is 3.14. The van der Waals surface area contributed by atoms with Crippen LogP contribution in [-0.4, -0.2) is 30.0 Å². The van der Waals surface area contributed by atoms with Gasteiger partial charge in [0.25, 0.3) is 0 Å². The molecule has 4 heteroatoms. The second kappa shape index (κ2) is 48.6. The molecule has 0 aliphatic heterocycles. The van der Waals surface area contributed by atoms with Gasteiger partial charge in [0.1, 0.15) is 0 Å². The predicted molar refractivity (Wildman–Crippen MR) is 231 cm³/mol. The Balaban J connectivity index is 0. The monoisotopic (exact) mass is 756 g/mol. The molecule has 0 aliphatic carbocycles. The van der Waals surface area contributed by atoms with Crippen LogP contribution in [0, 0.1) is 0 Å². The van der Waals surface area contributed by atoms with Gasteiger partial charge in [0.15, 0.2) is 0 Å². The minimum atomic E-state index is -0.858. The second-order valence-corrected chi connectivity index (χ2v) is 17.1. The fourth-order valence-electron chi connectivity index (χ4n) is 8.29. The summed E-state index contributed by atoms with van der Waals surface area (Å²) in [6.45, 7) is 8.55. The molecule has 0 aromatic heterocycles. The van der Waals surface area contributed by atoms with E-state index < -0.39 is 12.0 Å². The average molecular weight is 756 g/mol. The van der Waals surface area contributed by atoms with E-state index in [4.69, 9.17) is 0 Å². The number of aliphatic carboxylic acids is 1. The van der Waals surface area contributed by atoms with Gasteiger partial charge in [-0.25, -0.2) is 0 Å². The van der Waals surface area contributed by atoms with Crippen molar-refractivity contribution in [2.45, 2.75) is 296 Å². The summed E-state index contributed by atoms with van der Waals surface area (Å²) in [4.78, 5) is 14.3. The number of hydrogen-bond acceptors (Lipinski definition) is 3. The molecule has 53 heavy (non-hydrogen) atoms. The summed E-state index contributed by atoms with van der Waals surface area (Å²) in [6.07, 6.45) is 57.4. The zero-order valence-electron chi connectivity index (χ0n) is 37.5. The van der Waals surface area contributed by atoms with Gasteiger partial charge in [-0.1, -0.05) is 271 Å². The Hall–Kier alpha value is 0.430. The van der Waals surface area contributed by atoms with Gasteiger partial charge in [-0.05, 0) is 32.4 Å². The zero-order chi connectivity index (χ0) is 37.8. The van der Waals surface area contributed by atoms with Crippen molar-refractivity contribution in [1.29, 1.82) is 0 Å². The van der Waals surface area contributed by atoms with Gasteiger partial charge in [-0.15, -0.1) is 0 Å². The maximum Gasteiger partial charge on any atom is 1.00 e. The van der Waals surface area contributed by atoms with Gasteiger partial charge < -0.3 is 9.90 Å². The van der Waals surface area contributed by atoms with Crippen LogP contribution in [0.2, 0.25) is 0 Å². The molecule has 0 aromatic carbocycles. The van der Waals surface area contributed by atoms with Crippen LogP contribution in [0.15, 0.2) is 0 Å². The van der Waals surface area contributed by atoms with Gasteiger partial charge in [-0.2, -0.15) is 0 Å². The quantitative estimate of drug-likeness (QED) is 0.0459. The Morgan fingerprint density at radius 2 is 0.528 bits per heavy atom. The molecule has 0 aromatic rings. The molecular formula is C49H98NNaO2. The molecule has 0 N–H and O–H groups in total. The molecule has 0 saturated carbocycles. The summed E-state index contributed by atoms with van der Waals surface area (Å²) >= 11 is 0. The summed E-state index contributed by atoms with van der Waals surface area (Å²) in [5.41, 5.74) is 0. The van der Waals surface area contributed by atoms with Gasteiger partial charge in [0.05, 0.1) is 5.97 Å². The summed E-state index contributed by atoms with van der Waals surface area (Å²) in [7, 11) is 0. The van der Waals surface area contributed by atoms with Gasteiger partial charge in [-0.3, -0.25) is 4.90 Å². The molecule has 312 valence electrons. The summed E-state index contributed by atoms with van der Waals surface area (Å²) in [5.74, 6) is -0.858. The van der Waals surface area contributed by atoms with E-state index in [0.717, 1.165) is 38.8 Å². The van der Waals surface area contributed by atoms with Crippen LogP contribution in [0.25, 0.3) is 0 Å². The molecule has 1 atom stereocenters. The van der Waals surface area contributed by atoms with E-state index in [1.807, 2.05) is 0 Å². The molecule has 3 nitrogen and oxygen atoms in total. The van der Waals surface area contributed by atoms with Crippen LogP contribution in [0.4, 0.5) is 0 Å². The second-order valence-electron chi connectivity index (χ2n) is 17.1. The van der Waals surface area contributed by atoms with E-state index >= 15 is 0 Å². The molecule has 0 spiro atoms. The number of carboxylic acids is 1. The summed E-state index contributed by atoms with van der Waals surface area (Å²) in [6, 6.07) is -0.398. The number of carbonyl (C=O) groups excluding carboxylic acids is 1. The third-order valence-electron chi connectivity index (χ3n) is 11.9. The third kappa shape index (κ3) is 43.4. The molecule has 0 fully saturated rings. The Bertz CT molecular complexity index is 629.